The molecule has 0 aromatic carbocycles. The highest BCUT2D eigenvalue weighted by atomic mass is 16.2. The normalized spacial score (nSPS) is 16.5. The summed E-state index contributed by atoms with van der Waals surface area (Å²) >= 11 is 0. The van der Waals surface area contributed by atoms with Gasteiger partial charge >= 0.3 is 6.03 Å². The highest BCUT2D eigenvalue weighted by Crippen LogP contribution is 2.29. The molecule has 0 bridgehead atoms. The molecule has 1 heterocycles. The van der Waals surface area contributed by atoms with Crippen molar-refractivity contribution in [1.29, 1.82) is 0 Å². The molecule has 0 aliphatic heterocycles. The van der Waals surface area contributed by atoms with E-state index in [1.807, 2.05) is 13.1 Å². The lowest BCUT2D eigenvalue weighted by Gasteiger charge is -2.21. The predicted octanol–water partition coefficient (Wildman–Crippen LogP) is 2.95. The molecule has 2 rings (SSSR count). The minimum absolute atomic E-state index is 0.0956. The largest absolute Gasteiger partial charge is 0.338 e. The van der Waals surface area contributed by atoms with Crippen LogP contribution in [0.4, 0.5) is 4.79 Å². The quantitative estimate of drug-likeness (QED) is 0.820. The fraction of sp³-hybridized carbons (Fsp3) is 0.750. The molecule has 0 atom stereocenters. The Morgan fingerprint density at radius 1 is 1.29 bits per heavy atom. The first kappa shape index (κ1) is 15.9. The topological polar surface area (TPSA) is 59.0 Å². The summed E-state index contributed by atoms with van der Waals surface area (Å²) in [6.07, 6.45) is 10.6. The van der Waals surface area contributed by atoms with Crippen molar-refractivity contribution in [2.75, 3.05) is 13.1 Å². The summed E-state index contributed by atoms with van der Waals surface area (Å²) < 4.78 is 2.41. The Balaban J connectivity index is 1.95. The van der Waals surface area contributed by atoms with Crippen molar-refractivity contribution in [1.82, 2.24) is 20.2 Å². The van der Waals surface area contributed by atoms with Gasteiger partial charge in [0.15, 0.2) is 0 Å². The van der Waals surface area contributed by atoms with Crippen LogP contribution in [0.15, 0.2) is 6.20 Å². The van der Waals surface area contributed by atoms with Gasteiger partial charge in [0, 0.05) is 37.4 Å². The van der Waals surface area contributed by atoms with Crippen LogP contribution >= 0.6 is 0 Å². The van der Waals surface area contributed by atoms with Gasteiger partial charge in [-0.2, -0.15) is 0 Å². The van der Waals surface area contributed by atoms with Crippen LogP contribution in [0.5, 0.6) is 0 Å². The highest BCUT2D eigenvalue weighted by molar-refractivity contribution is 5.73. The van der Waals surface area contributed by atoms with Crippen molar-refractivity contribution >= 4 is 6.03 Å². The average Bonchev–Trinajstić information content (AvgIpc) is 2.67. The van der Waals surface area contributed by atoms with Crippen molar-refractivity contribution in [2.45, 2.75) is 64.8 Å². The zero-order chi connectivity index (χ0) is 15.1. The van der Waals surface area contributed by atoms with E-state index in [1.165, 1.54) is 44.2 Å². The molecule has 0 spiro atoms. The molecule has 0 radical (unpaired) electrons. The van der Waals surface area contributed by atoms with E-state index in [9.17, 15) is 4.79 Å². The van der Waals surface area contributed by atoms with Crippen LogP contribution in [0.2, 0.25) is 0 Å². The number of aryl methyl sites for hydroxylation is 1. The maximum atomic E-state index is 11.4. The van der Waals surface area contributed by atoms with Gasteiger partial charge in [-0.1, -0.05) is 25.7 Å². The van der Waals surface area contributed by atoms with E-state index < -0.39 is 0 Å². The van der Waals surface area contributed by atoms with Gasteiger partial charge in [0.25, 0.3) is 0 Å². The third-order valence-electron chi connectivity index (χ3n) is 4.22. The van der Waals surface area contributed by atoms with Gasteiger partial charge in [-0.25, -0.2) is 9.78 Å². The Bertz CT molecular complexity index is 447. The Morgan fingerprint density at radius 3 is 2.67 bits per heavy atom. The number of carbonyl (C=O) groups is 1. The Morgan fingerprint density at radius 2 is 2.00 bits per heavy atom. The Labute approximate surface area is 127 Å². The number of hydrogen-bond donors (Lipinski definition) is 2. The monoisotopic (exact) mass is 292 g/mol. The first-order valence-corrected chi connectivity index (χ1v) is 8.26. The smallest absolute Gasteiger partial charge is 0.314 e. The molecule has 1 aliphatic carbocycles. The lowest BCUT2D eigenvalue weighted by atomic mass is 10.1. The van der Waals surface area contributed by atoms with E-state index in [0.717, 1.165) is 12.2 Å². The number of imidazole rings is 1. The number of rotatable bonds is 5. The Kier molecular flexibility index (Phi) is 6.08. The van der Waals surface area contributed by atoms with E-state index in [4.69, 9.17) is 0 Å². The fourth-order valence-corrected chi connectivity index (χ4v) is 3.21. The second-order valence-electron chi connectivity index (χ2n) is 5.87. The summed E-state index contributed by atoms with van der Waals surface area (Å²) in [6, 6.07) is 0.497. The van der Waals surface area contributed by atoms with E-state index in [0.29, 0.717) is 19.1 Å². The van der Waals surface area contributed by atoms with Gasteiger partial charge in [-0.05, 0) is 26.7 Å². The van der Waals surface area contributed by atoms with Crippen molar-refractivity contribution < 1.29 is 4.79 Å². The van der Waals surface area contributed by atoms with Crippen LogP contribution in [0.3, 0.4) is 0 Å². The molecule has 2 amide bonds. The van der Waals surface area contributed by atoms with Crippen molar-refractivity contribution in [3.8, 4) is 0 Å². The molecule has 118 valence electrons. The summed E-state index contributed by atoms with van der Waals surface area (Å²) in [5.41, 5.74) is 1.25. The van der Waals surface area contributed by atoms with Crippen LogP contribution in [-0.4, -0.2) is 28.7 Å². The molecule has 5 heteroatoms. The zero-order valence-electron chi connectivity index (χ0n) is 13.3. The number of amides is 2. The standard InChI is InChI=1S/C16H28N4O/c1-3-17-16(21)18-11-10-15-19-12-13(2)20(15)14-8-6-4-5-7-9-14/h12,14H,3-11H2,1-2H3,(H2,17,18,21). The van der Waals surface area contributed by atoms with Crippen LogP contribution in [0, 0.1) is 6.92 Å². The fourth-order valence-electron chi connectivity index (χ4n) is 3.21. The first-order valence-electron chi connectivity index (χ1n) is 8.26. The van der Waals surface area contributed by atoms with Crippen molar-refractivity contribution in [2.24, 2.45) is 0 Å². The summed E-state index contributed by atoms with van der Waals surface area (Å²) in [4.78, 5) is 16.0. The van der Waals surface area contributed by atoms with Gasteiger partial charge in [0.05, 0.1) is 0 Å². The number of carbonyl (C=O) groups excluding carboxylic acids is 1. The third-order valence-corrected chi connectivity index (χ3v) is 4.22. The van der Waals surface area contributed by atoms with Gasteiger partial charge in [-0.15, -0.1) is 0 Å². The molecule has 2 N–H and O–H groups in total. The van der Waals surface area contributed by atoms with E-state index in [-0.39, 0.29) is 6.03 Å². The lowest BCUT2D eigenvalue weighted by molar-refractivity contribution is 0.241. The lowest BCUT2D eigenvalue weighted by Crippen LogP contribution is -2.36. The number of hydrogen-bond acceptors (Lipinski definition) is 2. The minimum atomic E-state index is -0.0956. The SMILES string of the molecule is CCNC(=O)NCCc1ncc(C)n1C1CCCCCC1. The van der Waals surface area contributed by atoms with E-state index >= 15 is 0 Å². The van der Waals surface area contributed by atoms with Crippen molar-refractivity contribution in [3.63, 3.8) is 0 Å². The second kappa shape index (κ2) is 8.05. The number of nitrogens with one attached hydrogen (secondary N) is 2. The van der Waals surface area contributed by atoms with E-state index in [1.54, 1.807) is 0 Å². The van der Waals surface area contributed by atoms with Crippen molar-refractivity contribution in [3.05, 3.63) is 17.7 Å². The molecule has 1 fully saturated rings. The number of nitrogens with zero attached hydrogens (tertiary/aromatic N) is 2. The van der Waals surface area contributed by atoms with Crippen LogP contribution in [0.25, 0.3) is 0 Å². The maximum Gasteiger partial charge on any atom is 0.314 e. The molecule has 21 heavy (non-hydrogen) atoms. The molecular weight excluding hydrogens is 264 g/mol. The molecule has 0 saturated heterocycles. The average molecular weight is 292 g/mol. The summed E-state index contributed by atoms with van der Waals surface area (Å²) in [6.45, 7) is 5.34. The molecule has 1 saturated carbocycles. The Hall–Kier alpha value is -1.52. The van der Waals surface area contributed by atoms with E-state index in [2.05, 4.69) is 27.1 Å². The van der Waals surface area contributed by atoms with Crippen LogP contribution < -0.4 is 10.6 Å². The van der Waals surface area contributed by atoms with Gasteiger partial charge < -0.3 is 15.2 Å². The van der Waals surface area contributed by atoms with Crippen LogP contribution in [-0.2, 0) is 6.42 Å². The molecule has 1 aromatic heterocycles. The summed E-state index contributed by atoms with van der Waals surface area (Å²) in [5.74, 6) is 1.11. The van der Waals surface area contributed by atoms with Gasteiger partial charge in [0.2, 0.25) is 0 Å². The molecule has 1 aromatic rings. The molecular formula is C16H28N4O. The predicted molar refractivity (Wildman–Crippen MR) is 84.5 cm³/mol. The number of aromatic nitrogens is 2. The molecule has 1 aliphatic rings. The summed E-state index contributed by atoms with van der Waals surface area (Å²) in [7, 11) is 0. The van der Waals surface area contributed by atoms with Gasteiger partial charge in [-0.3, -0.25) is 0 Å². The number of urea groups is 1. The van der Waals surface area contributed by atoms with Crippen LogP contribution in [0.1, 0.15) is 63.0 Å². The second-order valence-corrected chi connectivity index (χ2v) is 5.87. The zero-order valence-corrected chi connectivity index (χ0v) is 13.3. The first-order chi connectivity index (χ1) is 10.2. The third kappa shape index (κ3) is 4.48. The summed E-state index contributed by atoms with van der Waals surface area (Å²) in [5, 5.41) is 5.63. The maximum absolute atomic E-state index is 11.4. The van der Waals surface area contributed by atoms with Gasteiger partial charge in [0.1, 0.15) is 5.82 Å². The highest BCUT2D eigenvalue weighted by Gasteiger charge is 2.18. The molecule has 5 nitrogen and oxygen atoms in total. The minimum Gasteiger partial charge on any atom is -0.338 e. The molecule has 0 unspecified atom stereocenters.